The Balaban J connectivity index is 3.09. The zero-order valence-corrected chi connectivity index (χ0v) is 20.8. The molecule has 1 rings (SSSR count). The number of aromatic nitrogens is 2. The number of aromatic amines is 1. The predicted molar refractivity (Wildman–Crippen MR) is 132 cm³/mol. The fourth-order valence-corrected chi connectivity index (χ4v) is 3.20. The van der Waals surface area contributed by atoms with Crippen molar-refractivity contribution in [2.45, 2.75) is 69.3 Å². The molecule has 17 heteroatoms. The van der Waals surface area contributed by atoms with Crippen LogP contribution >= 0.6 is 0 Å². The lowest BCUT2D eigenvalue weighted by atomic mass is 10.1. The van der Waals surface area contributed by atoms with E-state index in [0.29, 0.717) is 5.69 Å². The van der Waals surface area contributed by atoms with E-state index in [1.165, 1.54) is 19.4 Å². The van der Waals surface area contributed by atoms with Gasteiger partial charge < -0.3 is 53.5 Å². The summed E-state index contributed by atoms with van der Waals surface area (Å²) in [6.07, 6.45) is 0.885. The lowest BCUT2D eigenvalue weighted by Crippen LogP contribution is -2.58. The molecule has 0 saturated carbocycles. The van der Waals surface area contributed by atoms with Gasteiger partial charge in [0.25, 0.3) is 0 Å². The van der Waals surface area contributed by atoms with Gasteiger partial charge in [0.05, 0.1) is 18.5 Å². The van der Waals surface area contributed by atoms with Gasteiger partial charge in [-0.3, -0.25) is 24.2 Å². The molecule has 17 nitrogen and oxygen atoms in total. The van der Waals surface area contributed by atoms with Gasteiger partial charge in [0.15, 0.2) is 12.0 Å². The molecule has 0 fully saturated rings. The number of hydrogen-bond donors (Lipinski definition) is 10. The van der Waals surface area contributed by atoms with Crippen LogP contribution in [0.5, 0.6) is 0 Å². The Morgan fingerprint density at radius 1 is 1.03 bits per heavy atom. The fraction of sp³-hybridized carbons (Fsp3) is 0.571. The number of rotatable bonds is 17. The fourth-order valence-electron chi connectivity index (χ4n) is 3.20. The van der Waals surface area contributed by atoms with Gasteiger partial charge in [-0.2, -0.15) is 0 Å². The summed E-state index contributed by atoms with van der Waals surface area (Å²) < 4.78 is 0. The first-order valence-corrected chi connectivity index (χ1v) is 11.6. The molecule has 0 aliphatic heterocycles. The first-order chi connectivity index (χ1) is 17.8. The molecule has 13 N–H and O–H groups in total. The van der Waals surface area contributed by atoms with Gasteiger partial charge in [0.2, 0.25) is 17.7 Å². The monoisotopic (exact) mass is 541 g/mol. The molecule has 5 unspecified atom stereocenters. The third kappa shape index (κ3) is 11.7. The summed E-state index contributed by atoms with van der Waals surface area (Å²) in [6, 6.07) is -5.42. The van der Waals surface area contributed by atoms with Crippen molar-refractivity contribution in [3.63, 3.8) is 0 Å². The topological polar surface area (TPSA) is 301 Å². The van der Waals surface area contributed by atoms with Crippen LogP contribution in [0.2, 0.25) is 0 Å². The Morgan fingerprint density at radius 3 is 2.18 bits per heavy atom. The Hall–Kier alpha value is -4.25. The second-order valence-electron chi connectivity index (χ2n) is 8.46. The number of hydrogen-bond acceptors (Lipinski definition) is 9. The van der Waals surface area contributed by atoms with Gasteiger partial charge in [-0.25, -0.2) is 9.78 Å². The molecule has 0 aliphatic carbocycles. The minimum Gasteiger partial charge on any atom is -0.481 e. The highest BCUT2D eigenvalue weighted by molar-refractivity contribution is 5.94. The minimum absolute atomic E-state index is 0.0177. The molecule has 0 aromatic carbocycles. The number of aliphatic imine (C=N–C) groups is 1. The summed E-state index contributed by atoms with van der Waals surface area (Å²) in [6.45, 7) is 1.30. The van der Waals surface area contributed by atoms with E-state index in [1.807, 2.05) is 0 Å². The number of carboxylic acid groups (broad SMARTS) is 2. The highest BCUT2D eigenvalue weighted by Crippen LogP contribution is 2.06. The predicted octanol–water partition coefficient (Wildman–Crippen LogP) is -3.88. The quantitative estimate of drug-likeness (QED) is 0.0514. The number of carboxylic acids is 2. The number of aliphatic carboxylic acids is 2. The molecule has 0 radical (unpaired) electrons. The highest BCUT2D eigenvalue weighted by Gasteiger charge is 2.32. The number of nitrogens with zero attached hydrogens (tertiary/aromatic N) is 2. The number of nitrogens with one attached hydrogen (secondary N) is 4. The first-order valence-electron chi connectivity index (χ1n) is 11.6. The van der Waals surface area contributed by atoms with E-state index < -0.39 is 59.9 Å². The van der Waals surface area contributed by atoms with E-state index in [2.05, 4.69) is 30.9 Å². The van der Waals surface area contributed by atoms with Crippen molar-refractivity contribution in [1.82, 2.24) is 25.9 Å². The van der Waals surface area contributed by atoms with Gasteiger partial charge in [0.1, 0.15) is 12.1 Å². The number of guanidine groups is 1. The van der Waals surface area contributed by atoms with E-state index in [0.717, 1.165) is 0 Å². The Labute approximate surface area is 217 Å². The van der Waals surface area contributed by atoms with E-state index in [-0.39, 0.29) is 44.6 Å². The average Bonchev–Trinajstić information content (AvgIpc) is 3.34. The summed E-state index contributed by atoms with van der Waals surface area (Å²) >= 11 is 0. The zero-order valence-electron chi connectivity index (χ0n) is 20.8. The lowest BCUT2D eigenvalue weighted by Gasteiger charge is -2.25. The molecule has 1 heterocycles. The van der Waals surface area contributed by atoms with Crippen molar-refractivity contribution in [3.05, 3.63) is 18.2 Å². The summed E-state index contributed by atoms with van der Waals surface area (Å²) in [4.78, 5) is 71.2. The molecule has 0 spiro atoms. The van der Waals surface area contributed by atoms with Crippen molar-refractivity contribution in [1.29, 1.82) is 0 Å². The Bertz CT molecular complexity index is 979. The first kappa shape index (κ1) is 31.8. The van der Waals surface area contributed by atoms with Crippen molar-refractivity contribution >= 4 is 35.6 Å². The number of aliphatic hydroxyl groups is 1. The number of imidazole rings is 1. The van der Waals surface area contributed by atoms with E-state index in [4.69, 9.17) is 22.3 Å². The van der Waals surface area contributed by atoms with Crippen LogP contribution in [-0.2, 0) is 30.4 Å². The third-order valence-corrected chi connectivity index (χ3v) is 5.24. The molecule has 38 heavy (non-hydrogen) atoms. The van der Waals surface area contributed by atoms with Crippen LogP contribution in [0.4, 0.5) is 0 Å². The average molecular weight is 542 g/mol. The molecule has 212 valence electrons. The number of nitrogens with two attached hydrogens (primary N) is 3. The van der Waals surface area contributed by atoms with Crippen LogP contribution in [0.25, 0.3) is 0 Å². The Kier molecular flexibility index (Phi) is 13.2. The molecular formula is C21H35N9O8. The molecule has 3 amide bonds. The third-order valence-electron chi connectivity index (χ3n) is 5.24. The van der Waals surface area contributed by atoms with E-state index >= 15 is 0 Å². The molecule has 5 atom stereocenters. The number of H-pyrrole nitrogens is 1. The maximum Gasteiger partial charge on any atom is 0.328 e. The van der Waals surface area contributed by atoms with Crippen molar-refractivity contribution in [2.75, 3.05) is 6.54 Å². The van der Waals surface area contributed by atoms with Gasteiger partial charge in [-0.05, 0) is 26.2 Å². The highest BCUT2D eigenvalue weighted by atomic mass is 16.4. The zero-order chi connectivity index (χ0) is 28.8. The largest absolute Gasteiger partial charge is 0.481 e. The SMILES string of the molecule is CC(O)C(NC(=O)C(Cc1cnc[nH]1)NC(=O)C(CCCN=C(N)N)NC(=O)C(N)CCC(=O)O)C(=O)O. The number of carbonyl (C=O) groups excluding carboxylic acids is 3. The van der Waals surface area contributed by atoms with E-state index in [9.17, 15) is 34.2 Å². The summed E-state index contributed by atoms with van der Waals surface area (Å²) in [7, 11) is 0. The number of carbonyl (C=O) groups is 5. The second kappa shape index (κ2) is 15.8. The van der Waals surface area contributed by atoms with Crippen molar-refractivity contribution in [3.8, 4) is 0 Å². The summed E-state index contributed by atoms with van der Waals surface area (Å²) in [5, 5.41) is 34.9. The van der Waals surface area contributed by atoms with Gasteiger partial charge in [-0.15, -0.1) is 0 Å². The molecule has 1 aromatic heterocycles. The van der Waals surface area contributed by atoms with Crippen LogP contribution in [0, 0.1) is 0 Å². The normalized spacial score (nSPS) is 14.7. The smallest absolute Gasteiger partial charge is 0.328 e. The summed E-state index contributed by atoms with van der Waals surface area (Å²) in [5.74, 6) is -5.32. The van der Waals surface area contributed by atoms with Crippen LogP contribution < -0.4 is 33.2 Å². The van der Waals surface area contributed by atoms with Crippen molar-refractivity contribution in [2.24, 2.45) is 22.2 Å². The van der Waals surface area contributed by atoms with Crippen molar-refractivity contribution < 1.29 is 39.3 Å². The van der Waals surface area contributed by atoms with Crippen LogP contribution in [0.3, 0.4) is 0 Å². The Morgan fingerprint density at radius 2 is 1.66 bits per heavy atom. The van der Waals surface area contributed by atoms with Crippen LogP contribution in [-0.4, -0.2) is 97.7 Å². The second-order valence-corrected chi connectivity index (χ2v) is 8.46. The van der Waals surface area contributed by atoms with Gasteiger partial charge in [0, 0.05) is 31.3 Å². The van der Waals surface area contributed by atoms with Crippen LogP contribution in [0.1, 0.15) is 38.3 Å². The molecule has 0 saturated heterocycles. The molecular weight excluding hydrogens is 506 g/mol. The minimum atomic E-state index is -1.65. The maximum absolute atomic E-state index is 13.2. The molecule has 0 aliphatic rings. The molecule has 0 bridgehead atoms. The maximum atomic E-state index is 13.2. The lowest BCUT2D eigenvalue weighted by molar-refractivity contribution is -0.145. The number of aliphatic hydroxyl groups excluding tert-OH is 1. The van der Waals surface area contributed by atoms with Gasteiger partial charge in [-0.1, -0.05) is 0 Å². The van der Waals surface area contributed by atoms with Gasteiger partial charge >= 0.3 is 11.9 Å². The van der Waals surface area contributed by atoms with E-state index in [1.54, 1.807) is 0 Å². The number of amides is 3. The standard InChI is InChI=1S/C21H35N9O8/c1-10(31)16(20(37)38)30-19(36)14(7-11-8-25-9-27-11)29-18(35)13(3-2-6-26-21(23)24)28-17(34)12(22)4-5-15(32)33/h8-10,12-14,16,31H,2-7,22H2,1H3,(H,25,27)(H,28,34)(H,29,35)(H,30,36)(H,32,33)(H,37,38)(H4,23,24,26). The van der Waals surface area contributed by atoms with Crippen LogP contribution in [0.15, 0.2) is 17.5 Å². The summed E-state index contributed by atoms with van der Waals surface area (Å²) in [5.41, 5.74) is 16.8. The molecule has 1 aromatic rings.